The van der Waals surface area contributed by atoms with Crippen molar-refractivity contribution in [2.24, 2.45) is 4.99 Å². The molecule has 0 aliphatic heterocycles. The number of aliphatic imine (C=N–C) groups is 1. The predicted octanol–water partition coefficient (Wildman–Crippen LogP) is 10.1. The van der Waals surface area contributed by atoms with Crippen molar-refractivity contribution in [2.45, 2.75) is 111 Å². The van der Waals surface area contributed by atoms with E-state index in [-0.39, 0.29) is 27.7 Å². The molecule has 3 rings (SSSR count). The van der Waals surface area contributed by atoms with E-state index in [0.29, 0.717) is 0 Å². The van der Waals surface area contributed by atoms with Crippen LogP contribution in [0, 0.1) is 0 Å². The first-order chi connectivity index (χ1) is 18.8. The van der Waals surface area contributed by atoms with Gasteiger partial charge in [-0.25, -0.2) is 0 Å². The highest BCUT2D eigenvalue weighted by molar-refractivity contribution is 5.80. The van der Waals surface area contributed by atoms with Crippen molar-refractivity contribution in [3.63, 3.8) is 0 Å². The number of ether oxygens (including phenoxy) is 2. The molecule has 0 bridgehead atoms. The van der Waals surface area contributed by atoms with Crippen LogP contribution < -0.4 is 9.47 Å². The Morgan fingerprint density at radius 1 is 0.537 bits per heavy atom. The topological polar surface area (TPSA) is 30.8 Å². The zero-order valence-electron chi connectivity index (χ0n) is 28.1. The molecule has 0 saturated heterocycles. The van der Waals surface area contributed by atoms with Crippen molar-refractivity contribution in [3.05, 3.63) is 93.5 Å². The second-order valence-electron chi connectivity index (χ2n) is 15.4. The fourth-order valence-corrected chi connectivity index (χ4v) is 5.35. The van der Waals surface area contributed by atoms with Crippen LogP contribution in [0.3, 0.4) is 0 Å². The highest BCUT2D eigenvalue weighted by atomic mass is 16.5. The fraction of sp³-hybridized carbons (Fsp3) is 0.500. The van der Waals surface area contributed by atoms with E-state index in [1.807, 2.05) is 12.3 Å². The summed E-state index contributed by atoms with van der Waals surface area (Å²) in [5.74, 6) is 1.94. The lowest BCUT2D eigenvalue weighted by molar-refractivity contribution is 0.380. The molecule has 3 aromatic rings. The Bertz CT molecular complexity index is 1220. The highest BCUT2D eigenvalue weighted by Gasteiger charge is 2.32. The third-order valence-corrected chi connectivity index (χ3v) is 7.67. The van der Waals surface area contributed by atoms with E-state index in [0.717, 1.165) is 28.2 Å². The van der Waals surface area contributed by atoms with Gasteiger partial charge in [-0.15, -0.1) is 0 Å². The molecule has 0 spiro atoms. The monoisotopic (exact) mass is 555 g/mol. The molecular weight excluding hydrogens is 502 g/mol. The summed E-state index contributed by atoms with van der Waals surface area (Å²) < 4.78 is 12.2. The van der Waals surface area contributed by atoms with Gasteiger partial charge in [0.25, 0.3) is 0 Å². The lowest BCUT2D eigenvalue weighted by Gasteiger charge is -2.32. The van der Waals surface area contributed by atoms with Gasteiger partial charge in [-0.2, -0.15) is 0 Å². The molecule has 3 heteroatoms. The van der Waals surface area contributed by atoms with Crippen LogP contribution in [0.25, 0.3) is 0 Å². The van der Waals surface area contributed by atoms with Crippen LogP contribution >= 0.6 is 0 Å². The summed E-state index contributed by atoms with van der Waals surface area (Å²) >= 11 is 0. The average molecular weight is 556 g/mol. The summed E-state index contributed by atoms with van der Waals surface area (Å²) in [6, 6.07) is 19.4. The number of hydrogen-bond acceptors (Lipinski definition) is 3. The van der Waals surface area contributed by atoms with Crippen LogP contribution in [-0.4, -0.2) is 20.4 Å². The zero-order chi connectivity index (χ0) is 31.0. The van der Waals surface area contributed by atoms with E-state index in [1.165, 1.54) is 22.3 Å². The van der Waals surface area contributed by atoms with Crippen molar-refractivity contribution in [3.8, 4) is 11.5 Å². The van der Waals surface area contributed by atoms with Crippen molar-refractivity contribution < 1.29 is 9.47 Å². The van der Waals surface area contributed by atoms with Gasteiger partial charge in [0, 0.05) is 28.5 Å². The normalized spacial score (nSPS) is 13.2. The molecule has 0 heterocycles. The van der Waals surface area contributed by atoms with Gasteiger partial charge in [-0.05, 0) is 62.6 Å². The molecule has 0 unspecified atom stereocenters. The van der Waals surface area contributed by atoms with E-state index in [9.17, 15) is 0 Å². The summed E-state index contributed by atoms with van der Waals surface area (Å²) in [6.07, 6.45) is 2.01. The fourth-order valence-electron chi connectivity index (χ4n) is 5.35. The number of methoxy groups -OCH3 is 2. The van der Waals surface area contributed by atoms with E-state index in [4.69, 9.17) is 14.5 Å². The standard InChI is InChI=1S/C38H53NO2/c1-35(2,3)28-20-26(21-29(33(28)40-13)36(4,5)6)32(39-24-25-18-16-15-17-19-25)27-22-30(37(7,8)9)34(41-14)31(23-27)38(10,11)12/h15-24,32H,1-14H3. The Kier molecular flexibility index (Phi) is 9.23. The van der Waals surface area contributed by atoms with E-state index in [1.54, 1.807) is 14.2 Å². The first-order valence-corrected chi connectivity index (χ1v) is 14.8. The van der Waals surface area contributed by atoms with Gasteiger partial charge < -0.3 is 9.47 Å². The summed E-state index contributed by atoms with van der Waals surface area (Å²) in [4.78, 5) is 5.33. The molecule has 0 aromatic heterocycles. The highest BCUT2D eigenvalue weighted by Crippen LogP contribution is 2.46. The molecule has 0 radical (unpaired) electrons. The van der Waals surface area contributed by atoms with Crippen LogP contribution in [0.2, 0.25) is 0 Å². The molecule has 222 valence electrons. The maximum Gasteiger partial charge on any atom is 0.126 e. The molecule has 0 N–H and O–H groups in total. The Morgan fingerprint density at radius 3 is 1.12 bits per heavy atom. The van der Waals surface area contributed by atoms with Gasteiger partial charge >= 0.3 is 0 Å². The molecule has 0 atom stereocenters. The smallest absolute Gasteiger partial charge is 0.126 e. The van der Waals surface area contributed by atoms with Gasteiger partial charge in [0.2, 0.25) is 0 Å². The van der Waals surface area contributed by atoms with Crippen LogP contribution in [0.5, 0.6) is 11.5 Å². The van der Waals surface area contributed by atoms with Gasteiger partial charge in [-0.3, -0.25) is 4.99 Å². The minimum atomic E-state index is -0.212. The van der Waals surface area contributed by atoms with E-state index in [2.05, 4.69) is 132 Å². The number of rotatable bonds is 6. The lowest BCUT2D eigenvalue weighted by Crippen LogP contribution is -2.21. The van der Waals surface area contributed by atoms with Gasteiger partial charge in [0.05, 0.1) is 20.3 Å². The van der Waals surface area contributed by atoms with Gasteiger partial charge in [-0.1, -0.05) is 113 Å². The molecule has 0 fully saturated rings. The molecule has 0 aliphatic carbocycles. The van der Waals surface area contributed by atoms with Crippen LogP contribution in [-0.2, 0) is 21.7 Å². The van der Waals surface area contributed by atoms with Crippen molar-refractivity contribution in [1.29, 1.82) is 0 Å². The lowest BCUT2D eigenvalue weighted by atomic mass is 9.75. The van der Waals surface area contributed by atoms with E-state index >= 15 is 0 Å². The Hall–Kier alpha value is -3.07. The number of benzene rings is 3. The maximum absolute atomic E-state index is 6.10. The average Bonchev–Trinajstić information content (AvgIpc) is 2.86. The molecule has 0 amide bonds. The Balaban J connectivity index is 2.48. The Morgan fingerprint density at radius 2 is 0.854 bits per heavy atom. The van der Waals surface area contributed by atoms with Gasteiger partial charge in [0.15, 0.2) is 0 Å². The number of hydrogen-bond donors (Lipinski definition) is 0. The summed E-state index contributed by atoms with van der Waals surface area (Å²) in [5, 5.41) is 0. The predicted molar refractivity (Wildman–Crippen MR) is 177 cm³/mol. The second kappa shape index (κ2) is 11.7. The summed E-state index contributed by atoms with van der Waals surface area (Å²) in [7, 11) is 3.58. The van der Waals surface area contributed by atoms with Crippen LogP contribution in [0.4, 0.5) is 0 Å². The van der Waals surface area contributed by atoms with Crippen molar-refractivity contribution in [1.82, 2.24) is 0 Å². The maximum atomic E-state index is 6.10. The molecule has 0 aliphatic rings. The summed E-state index contributed by atoms with van der Waals surface area (Å²) in [5.41, 5.74) is 7.76. The molecule has 3 nitrogen and oxygen atoms in total. The molecule has 3 aromatic carbocycles. The molecule has 0 saturated carbocycles. The minimum absolute atomic E-state index is 0.109. The first kappa shape index (κ1) is 32.4. The van der Waals surface area contributed by atoms with Crippen molar-refractivity contribution >= 4 is 6.21 Å². The first-order valence-electron chi connectivity index (χ1n) is 14.8. The minimum Gasteiger partial charge on any atom is -0.496 e. The Labute approximate surface area is 250 Å². The molecule has 41 heavy (non-hydrogen) atoms. The SMILES string of the molecule is COc1c(C(C)(C)C)cc(C(N=Cc2ccccc2)c2cc(C(C)(C)C)c(OC)c(C(C)(C)C)c2)cc1C(C)(C)C. The molecular formula is C38H53NO2. The third kappa shape index (κ3) is 7.42. The van der Waals surface area contributed by atoms with Crippen LogP contribution in [0.1, 0.15) is 128 Å². The van der Waals surface area contributed by atoms with Crippen molar-refractivity contribution in [2.75, 3.05) is 14.2 Å². The summed E-state index contributed by atoms with van der Waals surface area (Å²) in [6.45, 7) is 27.1. The second-order valence-corrected chi connectivity index (χ2v) is 15.4. The third-order valence-electron chi connectivity index (χ3n) is 7.67. The quantitative estimate of drug-likeness (QED) is 0.283. The van der Waals surface area contributed by atoms with Gasteiger partial charge in [0.1, 0.15) is 11.5 Å². The van der Waals surface area contributed by atoms with E-state index < -0.39 is 0 Å². The van der Waals surface area contributed by atoms with Crippen LogP contribution in [0.15, 0.2) is 59.6 Å². The zero-order valence-corrected chi connectivity index (χ0v) is 28.1. The number of nitrogens with zero attached hydrogens (tertiary/aromatic N) is 1. The largest absolute Gasteiger partial charge is 0.496 e.